The van der Waals surface area contributed by atoms with E-state index in [4.69, 9.17) is 10.00 Å². The summed E-state index contributed by atoms with van der Waals surface area (Å²) in [6.45, 7) is 2.22. The van der Waals surface area contributed by atoms with E-state index in [1.165, 1.54) is 23.1 Å². The van der Waals surface area contributed by atoms with E-state index in [-0.39, 0.29) is 23.3 Å². The highest BCUT2D eigenvalue weighted by Crippen LogP contribution is 2.24. The summed E-state index contributed by atoms with van der Waals surface area (Å²) in [5.74, 6) is -0.204. The van der Waals surface area contributed by atoms with Gasteiger partial charge in [0.25, 0.3) is 5.56 Å². The van der Waals surface area contributed by atoms with Gasteiger partial charge in [-0.3, -0.25) is 14.2 Å². The quantitative estimate of drug-likeness (QED) is 0.471. The van der Waals surface area contributed by atoms with Gasteiger partial charge in [0.05, 0.1) is 34.9 Å². The summed E-state index contributed by atoms with van der Waals surface area (Å²) in [7, 11) is 1.57. The number of benzene rings is 1. The summed E-state index contributed by atoms with van der Waals surface area (Å²) < 4.78 is 6.76. The number of aromatic nitrogens is 2. The topological polar surface area (TPSA) is 97.0 Å². The van der Waals surface area contributed by atoms with Crippen LogP contribution in [0.15, 0.2) is 45.7 Å². The third-order valence-corrected chi connectivity index (χ3v) is 5.78. The Morgan fingerprint density at radius 3 is 2.96 bits per heavy atom. The van der Waals surface area contributed by atoms with Crippen LogP contribution in [0.5, 0.6) is 0 Å². The minimum Gasteiger partial charge on any atom is -0.383 e. The number of thiophene rings is 1. The molecule has 7 nitrogen and oxygen atoms in total. The number of thioether (sulfide) groups is 1. The van der Waals surface area contributed by atoms with Crippen LogP contribution in [0.2, 0.25) is 0 Å². The van der Waals surface area contributed by atoms with Crippen molar-refractivity contribution in [3.63, 3.8) is 0 Å². The monoisotopic (exact) mass is 414 g/mol. The number of ether oxygens (including phenoxy) is 1. The van der Waals surface area contributed by atoms with Crippen LogP contribution < -0.4 is 10.9 Å². The molecule has 2 heterocycles. The molecule has 0 fully saturated rings. The Balaban J connectivity index is 1.87. The number of para-hydroxylation sites is 1. The van der Waals surface area contributed by atoms with E-state index in [9.17, 15) is 9.59 Å². The number of rotatable bonds is 7. The summed E-state index contributed by atoms with van der Waals surface area (Å²) in [6, 6.07) is 10.6. The van der Waals surface area contributed by atoms with Crippen molar-refractivity contribution >= 4 is 44.9 Å². The number of hydrogen-bond donors (Lipinski definition) is 1. The fourth-order valence-electron chi connectivity index (χ4n) is 2.72. The highest BCUT2D eigenvalue weighted by molar-refractivity contribution is 7.99. The van der Waals surface area contributed by atoms with Crippen molar-refractivity contribution in [1.82, 2.24) is 9.55 Å². The zero-order chi connectivity index (χ0) is 20.1. The molecule has 9 heteroatoms. The number of anilines is 1. The normalized spacial score (nSPS) is 11.9. The van der Waals surface area contributed by atoms with E-state index in [0.29, 0.717) is 33.2 Å². The van der Waals surface area contributed by atoms with Crippen molar-refractivity contribution in [2.45, 2.75) is 18.1 Å². The van der Waals surface area contributed by atoms with Gasteiger partial charge in [-0.1, -0.05) is 23.9 Å². The molecule has 0 saturated carbocycles. The maximum Gasteiger partial charge on any atom is 0.262 e. The lowest BCUT2D eigenvalue weighted by molar-refractivity contribution is -0.113. The van der Waals surface area contributed by atoms with Crippen molar-refractivity contribution in [2.75, 3.05) is 24.8 Å². The molecule has 3 rings (SSSR count). The number of methoxy groups -OCH3 is 1. The van der Waals surface area contributed by atoms with Crippen molar-refractivity contribution < 1.29 is 9.53 Å². The first kappa shape index (κ1) is 20.1. The Morgan fingerprint density at radius 2 is 2.21 bits per heavy atom. The number of fused-ring (bicyclic) bond motifs is 1. The largest absolute Gasteiger partial charge is 0.383 e. The zero-order valence-corrected chi connectivity index (χ0v) is 17.0. The summed E-state index contributed by atoms with van der Waals surface area (Å²) in [6.07, 6.45) is 0. The van der Waals surface area contributed by atoms with Gasteiger partial charge in [-0.2, -0.15) is 5.26 Å². The van der Waals surface area contributed by atoms with Gasteiger partial charge in [0, 0.05) is 7.11 Å². The van der Waals surface area contributed by atoms with Crippen LogP contribution in [0.1, 0.15) is 18.5 Å². The van der Waals surface area contributed by atoms with Crippen molar-refractivity contribution in [3.05, 3.63) is 51.6 Å². The van der Waals surface area contributed by atoms with Crippen LogP contribution in [0.4, 0.5) is 5.00 Å². The molecule has 0 aliphatic rings. The average Bonchev–Trinajstić information content (AvgIpc) is 3.13. The molecule has 0 aliphatic heterocycles. The molecule has 0 radical (unpaired) electrons. The molecule has 1 aromatic carbocycles. The number of nitrogens with zero attached hydrogens (tertiary/aromatic N) is 3. The molecule has 3 aromatic rings. The number of hydrogen-bond acceptors (Lipinski definition) is 7. The number of nitrogens with one attached hydrogen (secondary N) is 1. The van der Waals surface area contributed by atoms with E-state index in [0.717, 1.165) is 0 Å². The standard InChI is InChI=1S/C19H18N4O3S2/c1-12(10-26-2)23-18(25)14-5-3-4-6-15(14)21-19(23)28-11-16(24)22-17-13(9-20)7-8-27-17/h3-8,12H,10-11H2,1-2H3,(H,22,24)/t12-/m0/s1. The molecule has 144 valence electrons. The summed E-state index contributed by atoms with van der Waals surface area (Å²) >= 11 is 2.47. The maximum atomic E-state index is 13.0. The molecule has 0 bridgehead atoms. The lowest BCUT2D eigenvalue weighted by Crippen LogP contribution is -2.29. The smallest absolute Gasteiger partial charge is 0.262 e. The van der Waals surface area contributed by atoms with Gasteiger partial charge in [0.1, 0.15) is 11.1 Å². The molecule has 0 saturated heterocycles. The number of amides is 1. The first-order chi connectivity index (χ1) is 13.5. The summed E-state index contributed by atoms with van der Waals surface area (Å²) in [5.41, 5.74) is 0.849. The van der Waals surface area contributed by atoms with Crippen LogP contribution >= 0.6 is 23.1 Å². The second kappa shape index (κ2) is 9.01. The predicted molar refractivity (Wildman–Crippen MR) is 111 cm³/mol. The second-order valence-corrected chi connectivity index (χ2v) is 7.86. The Hall–Kier alpha value is -2.67. The highest BCUT2D eigenvalue weighted by Gasteiger charge is 2.18. The second-order valence-electron chi connectivity index (χ2n) is 6.00. The van der Waals surface area contributed by atoms with Crippen LogP contribution in [0.25, 0.3) is 10.9 Å². The van der Waals surface area contributed by atoms with Crippen molar-refractivity contribution in [1.29, 1.82) is 5.26 Å². The Morgan fingerprint density at radius 1 is 1.43 bits per heavy atom. The Kier molecular flexibility index (Phi) is 6.46. The van der Waals surface area contributed by atoms with Crippen molar-refractivity contribution in [3.8, 4) is 6.07 Å². The molecule has 0 spiro atoms. The summed E-state index contributed by atoms with van der Waals surface area (Å²) in [4.78, 5) is 29.9. The SMILES string of the molecule is COC[C@H](C)n1c(SCC(=O)Nc2sccc2C#N)nc2ccccc2c1=O. The third kappa shape index (κ3) is 4.25. The van der Waals surface area contributed by atoms with Gasteiger partial charge >= 0.3 is 0 Å². The predicted octanol–water partition coefficient (Wildman–Crippen LogP) is 3.27. The lowest BCUT2D eigenvalue weighted by Gasteiger charge is -2.18. The molecule has 2 aromatic heterocycles. The lowest BCUT2D eigenvalue weighted by atomic mass is 10.2. The molecule has 0 aliphatic carbocycles. The van der Waals surface area contributed by atoms with Crippen LogP contribution in [0, 0.1) is 11.3 Å². The average molecular weight is 415 g/mol. The number of carbonyl (C=O) groups excluding carboxylic acids is 1. The molecule has 1 amide bonds. The Labute approximate surface area is 170 Å². The van der Waals surface area contributed by atoms with E-state index < -0.39 is 0 Å². The number of carbonyl (C=O) groups is 1. The molecule has 0 unspecified atom stereocenters. The molecule has 1 N–H and O–H groups in total. The first-order valence-electron chi connectivity index (χ1n) is 8.45. The minimum absolute atomic E-state index is 0.0627. The number of nitriles is 1. The highest BCUT2D eigenvalue weighted by atomic mass is 32.2. The van der Waals surface area contributed by atoms with Gasteiger partial charge in [-0.05, 0) is 30.5 Å². The van der Waals surface area contributed by atoms with Gasteiger partial charge in [-0.25, -0.2) is 4.98 Å². The van der Waals surface area contributed by atoms with Crippen LogP contribution in [-0.2, 0) is 9.53 Å². The molecule has 1 atom stereocenters. The van der Waals surface area contributed by atoms with Gasteiger partial charge in [-0.15, -0.1) is 11.3 Å². The zero-order valence-electron chi connectivity index (χ0n) is 15.3. The fraction of sp³-hybridized carbons (Fsp3) is 0.263. The minimum atomic E-state index is -0.266. The van der Waals surface area contributed by atoms with Crippen LogP contribution in [0.3, 0.4) is 0 Å². The van der Waals surface area contributed by atoms with Crippen LogP contribution in [-0.4, -0.2) is 34.9 Å². The maximum absolute atomic E-state index is 13.0. The molecular formula is C19H18N4O3S2. The van der Waals surface area contributed by atoms with Crippen molar-refractivity contribution in [2.24, 2.45) is 0 Å². The molecule has 28 heavy (non-hydrogen) atoms. The molecular weight excluding hydrogens is 396 g/mol. The van der Waals surface area contributed by atoms with Gasteiger partial charge < -0.3 is 10.1 Å². The Bertz CT molecular complexity index is 1100. The van der Waals surface area contributed by atoms with E-state index in [1.54, 1.807) is 41.3 Å². The van der Waals surface area contributed by atoms with Gasteiger partial charge in [0.15, 0.2) is 5.16 Å². The first-order valence-corrected chi connectivity index (χ1v) is 10.3. The fourth-order valence-corrected chi connectivity index (χ4v) is 4.37. The van der Waals surface area contributed by atoms with Gasteiger partial charge in [0.2, 0.25) is 5.91 Å². The summed E-state index contributed by atoms with van der Waals surface area (Å²) in [5, 5.41) is 15.0. The third-order valence-electron chi connectivity index (χ3n) is 4.00. The van der Waals surface area contributed by atoms with E-state index in [1.807, 2.05) is 19.1 Å². The van der Waals surface area contributed by atoms with E-state index >= 15 is 0 Å². The van der Waals surface area contributed by atoms with E-state index in [2.05, 4.69) is 10.3 Å².